The number of hydrogen-bond acceptors (Lipinski definition) is 3. The Labute approximate surface area is 200 Å². The molecule has 4 rings (SSSR count). The van der Waals surface area contributed by atoms with Crippen LogP contribution in [-0.4, -0.2) is 35.7 Å². The maximum Gasteiger partial charge on any atom is 0.251 e. The Morgan fingerprint density at radius 2 is 1.35 bits per heavy atom. The number of para-hydroxylation sites is 1. The molecule has 6 nitrogen and oxygen atoms in total. The van der Waals surface area contributed by atoms with Crippen LogP contribution in [0, 0.1) is 5.92 Å². The Hall–Kier alpha value is -3.93. The molecule has 3 aromatic carbocycles. The van der Waals surface area contributed by atoms with E-state index in [9.17, 15) is 14.4 Å². The molecule has 0 spiro atoms. The van der Waals surface area contributed by atoms with E-state index < -0.39 is 6.04 Å². The maximum absolute atomic E-state index is 13.1. The average molecular weight is 456 g/mol. The minimum absolute atomic E-state index is 0.00409. The number of carbonyl (C=O) groups excluding carboxylic acids is 3. The molecule has 34 heavy (non-hydrogen) atoms. The van der Waals surface area contributed by atoms with Crippen LogP contribution in [0.3, 0.4) is 0 Å². The molecule has 1 fully saturated rings. The third kappa shape index (κ3) is 6.10. The molecule has 1 unspecified atom stereocenters. The highest BCUT2D eigenvalue weighted by molar-refractivity contribution is 5.95. The van der Waals surface area contributed by atoms with E-state index >= 15 is 0 Å². The Morgan fingerprint density at radius 3 is 1.97 bits per heavy atom. The van der Waals surface area contributed by atoms with Crippen LogP contribution in [-0.2, 0) is 9.59 Å². The van der Waals surface area contributed by atoms with E-state index in [4.69, 9.17) is 0 Å². The second-order valence-corrected chi connectivity index (χ2v) is 8.52. The van der Waals surface area contributed by atoms with Crippen LogP contribution in [0.5, 0.6) is 0 Å². The van der Waals surface area contributed by atoms with Gasteiger partial charge in [-0.15, -0.1) is 0 Å². The SMILES string of the molecule is O=C(NC(CC(=O)N1CCC(C(=O)Nc2ccccc2)CC1)c1ccccc1)c1ccccc1. The van der Waals surface area contributed by atoms with Crippen LogP contribution < -0.4 is 10.6 Å². The zero-order chi connectivity index (χ0) is 23.8. The zero-order valence-electron chi connectivity index (χ0n) is 19.0. The number of rotatable bonds is 7. The number of benzene rings is 3. The first-order chi connectivity index (χ1) is 16.6. The Kier molecular flexibility index (Phi) is 7.71. The molecular formula is C28H29N3O3. The van der Waals surface area contributed by atoms with E-state index in [1.807, 2.05) is 78.9 Å². The molecule has 0 aromatic heterocycles. The van der Waals surface area contributed by atoms with Crippen LogP contribution >= 0.6 is 0 Å². The molecule has 6 heteroatoms. The number of nitrogens with zero attached hydrogens (tertiary/aromatic N) is 1. The topological polar surface area (TPSA) is 78.5 Å². The van der Waals surface area contributed by atoms with Crippen molar-refractivity contribution in [3.8, 4) is 0 Å². The van der Waals surface area contributed by atoms with Crippen LogP contribution in [0.2, 0.25) is 0 Å². The molecule has 0 aliphatic carbocycles. The van der Waals surface area contributed by atoms with Gasteiger partial charge in [0.15, 0.2) is 0 Å². The zero-order valence-corrected chi connectivity index (χ0v) is 19.0. The number of nitrogens with one attached hydrogen (secondary N) is 2. The summed E-state index contributed by atoms with van der Waals surface area (Å²) in [5, 5.41) is 5.98. The number of anilines is 1. The summed E-state index contributed by atoms with van der Waals surface area (Å²) in [4.78, 5) is 40.3. The lowest BCUT2D eigenvalue weighted by atomic mass is 9.94. The van der Waals surface area contributed by atoms with Crippen molar-refractivity contribution in [3.63, 3.8) is 0 Å². The van der Waals surface area contributed by atoms with Gasteiger partial charge in [-0.05, 0) is 42.7 Å². The first-order valence-electron chi connectivity index (χ1n) is 11.6. The molecule has 1 atom stereocenters. The lowest BCUT2D eigenvalue weighted by molar-refractivity contribution is -0.135. The second kappa shape index (κ2) is 11.3. The molecule has 1 aliphatic heterocycles. The van der Waals surface area contributed by atoms with Gasteiger partial charge in [-0.25, -0.2) is 0 Å². The van der Waals surface area contributed by atoms with Gasteiger partial charge in [-0.2, -0.15) is 0 Å². The van der Waals surface area contributed by atoms with Gasteiger partial charge in [0.05, 0.1) is 12.5 Å². The second-order valence-electron chi connectivity index (χ2n) is 8.52. The quantitative estimate of drug-likeness (QED) is 0.553. The van der Waals surface area contributed by atoms with Crippen LogP contribution in [0.4, 0.5) is 5.69 Å². The fraction of sp³-hybridized carbons (Fsp3) is 0.250. The van der Waals surface area contributed by atoms with Crippen LogP contribution in [0.15, 0.2) is 91.0 Å². The molecule has 0 radical (unpaired) electrons. The minimum atomic E-state index is -0.430. The fourth-order valence-electron chi connectivity index (χ4n) is 4.23. The van der Waals surface area contributed by atoms with Crippen molar-refractivity contribution in [2.24, 2.45) is 5.92 Å². The van der Waals surface area contributed by atoms with Gasteiger partial charge in [0.25, 0.3) is 5.91 Å². The summed E-state index contributed by atoms with van der Waals surface area (Å²) in [7, 11) is 0. The van der Waals surface area contributed by atoms with E-state index in [2.05, 4.69) is 10.6 Å². The van der Waals surface area contributed by atoms with E-state index in [-0.39, 0.29) is 30.1 Å². The Balaban J connectivity index is 1.35. The number of hydrogen-bond donors (Lipinski definition) is 2. The normalized spacial score (nSPS) is 14.8. The lowest BCUT2D eigenvalue weighted by Gasteiger charge is -2.32. The molecule has 1 saturated heterocycles. The summed E-state index contributed by atoms with van der Waals surface area (Å²) in [6.45, 7) is 1.06. The van der Waals surface area contributed by atoms with Crippen molar-refractivity contribution in [3.05, 3.63) is 102 Å². The molecule has 0 saturated carbocycles. The average Bonchev–Trinajstić information content (AvgIpc) is 2.90. The molecule has 174 valence electrons. The third-order valence-corrected chi connectivity index (χ3v) is 6.18. The fourth-order valence-corrected chi connectivity index (χ4v) is 4.23. The van der Waals surface area contributed by atoms with Crippen molar-refractivity contribution in [2.45, 2.75) is 25.3 Å². The van der Waals surface area contributed by atoms with Gasteiger partial charge in [0, 0.05) is 30.3 Å². The molecule has 1 heterocycles. The predicted octanol–water partition coefficient (Wildman–Crippen LogP) is 4.43. The minimum Gasteiger partial charge on any atom is -0.345 e. The number of piperidine rings is 1. The van der Waals surface area contributed by atoms with E-state index in [0.717, 1.165) is 11.3 Å². The number of carbonyl (C=O) groups is 3. The van der Waals surface area contributed by atoms with E-state index in [1.165, 1.54) is 0 Å². The molecule has 0 bridgehead atoms. The highest BCUT2D eigenvalue weighted by Gasteiger charge is 2.29. The highest BCUT2D eigenvalue weighted by Crippen LogP contribution is 2.23. The van der Waals surface area contributed by atoms with Gasteiger partial charge in [-0.3, -0.25) is 14.4 Å². The highest BCUT2D eigenvalue weighted by atomic mass is 16.2. The van der Waals surface area contributed by atoms with Gasteiger partial charge in [0.1, 0.15) is 0 Å². The van der Waals surface area contributed by atoms with Crippen molar-refractivity contribution < 1.29 is 14.4 Å². The first kappa shape index (κ1) is 23.2. The summed E-state index contributed by atoms with van der Waals surface area (Å²) in [5.74, 6) is -0.356. The van der Waals surface area contributed by atoms with Gasteiger partial charge < -0.3 is 15.5 Å². The summed E-state index contributed by atoms with van der Waals surface area (Å²) in [6, 6.07) is 27.5. The molecule has 2 N–H and O–H groups in total. The Bertz CT molecular complexity index is 1100. The van der Waals surface area contributed by atoms with Crippen molar-refractivity contribution in [1.29, 1.82) is 0 Å². The van der Waals surface area contributed by atoms with Crippen molar-refractivity contribution >= 4 is 23.4 Å². The lowest BCUT2D eigenvalue weighted by Crippen LogP contribution is -2.43. The predicted molar refractivity (Wildman–Crippen MR) is 132 cm³/mol. The van der Waals surface area contributed by atoms with Gasteiger partial charge in [0.2, 0.25) is 11.8 Å². The smallest absolute Gasteiger partial charge is 0.251 e. The Morgan fingerprint density at radius 1 is 0.794 bits per heavy atom. The summed E-state index contributed by atoms with van der Waals surface area (Å²) >= 11 is 0. The number of amides is 3. The van der Waals surface area contributed by atoms with Crippen molar-refractivity contribution in [2.75, 3.05) is 18.4 Å². The van der Waals surface area contributed by atoms with Crippen molar-refractivity contribution in [1.82, 2.24) is 10.2 Å². The van der Waals surface area contributed by atoms with Crippen LogP contribution in [0.1, 0.15) is 41.2 Å². The summed E-state index contributed by atoms with van der Waals surface area (Å²) in [6.07, 6.45) is 1.41. The molecule has 3 aromatic rings. The standard InChI is InChI=1S/C28H29N3O3/c32-26(31-18-16-23(17-19-31)27(33)29-24-14-8-3-9-15-24)20-25(21-10-4-1-5-11-21)30-28(34)22-12-6-2-7-13-22/h1-15,23,25H,16-20H2,(H,29,33)(H,30,34). The molecular weight excluding hydrogens is 426 g/mol. The van der Waals surface area contributed by atoms with E-state index in [1.54, 1.807) is 17.0 Å². The molecule has 3 amide bonds. The first-order valence-corrected chi connectivity index (χ1v) is 11.6. The van der Waals surface area contributed by atoms with Crippen LogP contribution in [0.25, 0.3) is 0 Å². The van der Waals surface area contributed by atoms with Gasteiger partial charge in [-0.1, -0.05) is 66.7 Å². The van der Waals surface area contributed by atoms with E-state index in [0.29, 0.717) is 31.5 Å². The van der Waals surface area contributed by atoms with Gasteiger partial charge >= 0.3 is 0 Å². The summed E-state index contributed by atoms with van der Waals surface area (Å²) in [5.41, 5.74) is 2.23. The number of likely N-dealkylation sites (tertiary alicyclic amines) is 1. The summed E-state index contributed by atoms with van der Waals surface area (Å²) < 4.78 is 0. The monoisotopic (exact) mass is 455 g/mol. The third-order valence-electron chi connectivity index (χ3n) is 6.18. The molecule has 1 aliphatic rings. The largest absolute Gasteiger partial charge is 0.345 e. The maximum atomic E-state index is 13.1.